The van der Waals surface area contributed by atoms with Gasteiger partial charge in [0.15, 0.2) is 5.13 Å². The van der Waals surface area contributed by atoms with Crippen LogP contribution in [0.15, 0.2) is 29.6 Å². The maximum absolute atomic E-state index is 13.1. The van der Waals surface area contributed by atoms with Crippen LogP contribution in [0.3, 0.4) is 0 Å². The van der Waals surface area contributed by atoms with Gasteiger partial charge in [0.1, 0.15) is 5.54 Å². The second kappa shape index (κ2) is 8.16. The molecular formula is C21H25N5O3S. The van der Waals surface area contributed by atoms with Gasteiger partial charge in [-0.1, -0.05) is 29.8 Å². The number of aromatic nitrogens is 1. The van der Waals surface area contributed by atoms with Crippen LogP contribution in [0.4, 0.5) is 9.93 Å². The first kappa shape index (κ1) is 20.5. The average molecular weight is 428 g/mol. The van der Waals surface area contributed by atoms with E-state index in [2.05, 4.69) is 15.6 Å². The maximum Gasteiger partial charge on any atom is 0.325 e. The number of amides is 4. The molecule has 4 rings (SSSR count). The first-order valence-corrected chi connectivity index (χ1v) is 10.9. The maximum atomic E-state index is 13.1. The SMILES string of the molecule is Cc1ccc(CN2C(=O)NC3(CCN(CC(=O)Nc4nc(C)cs4)CC3)C2=O)cc1. The monoisotopic (exact) mass is 427 g/mol. The van der Waals surface area contributed by atoms with E-state index in [4.69, 9.17) is 0 Å². The summed E-state index contributed by atoms with van der Waals surface area (Å²) in [6, 6.07) is 7.48. The lowest BCUT2D eigenvalue weighted by atomic mass is 9.87. The highest BCUT2D eigenvalue weighted by Gasteiger charge is 2.52. The number of carbonyl (C=O) groups excluding carboxylic acids is 3. The lowest BCUT2D eigenvalue weighted by Crippen LogP contribution is -2.55. The van der Waals surface area contributed by atoms with E-state index >= 15 is 0 Å². The molecule has 0 atom stereocenters. The molecule has 0 saturated carbocycles. The molecular weight excluding hydrogens is 402 g/mol. The number of nitrogens with zero attached hydrogens (tertiary/aromatic N) is 3. The van der Waals surface area contributed by atoms with Gasteiger partial charge in [-0.25, -0.2) is 9.78 Å². The molecule has 1 aromatic heterocycles. The van der Waals surface area contributed by atoms with Gasteiger partial charge in [0.2, 0.25) is 5.91 Å². The van der Waals surface area contributed by atoms with Crippen molar-refractivity contribution in [3.05, 3.63) is 46.5 Å². The molecule has 0 unspecified atom stereocenters. The van der Waals surface area contributed by atoms with Gasteiger partial charge in [-0.15, -0.1) is 11.3 Å². The van der Waals surface area contributed by atoms with Gasteiger partial charge in [-0.05, 0) is 32.3 Å². The van der Waals surface area contributed by atoms with Crippen LogP contribution in [-0.2, 0) is 16.1 Å². The number of benzene rings is 1. The highest BCUT2D eigenvalue weighted by atomic mass is 32.1. The van der Waals surface area contributed by atoms with Crippen molar-refractivity contribution in [2.24, 2.45) is 0 Å². The highest BCUT2D eigenvalue weighted by molar-refractivity contribution is 7.13. The summed E-state index contributed by atoms with van der Waals surface area (Å²) < 4.78 is 0. The minimum Gasteiger partial charge on any atom is -0.323 e. The molecule has 0 bridgehead atoms. The van der Waals surface area contributed by atoms with Gasteiger partial charge < -0.3 is 10.6 Å². The van der Waals surface area contributed by atoms with Gasteiger partial charge in [-0.3, -0.25) is 19.4 Å². The minimum atomic E-state index is -0.860. The number of urea groups is 1. The molecule has 2 aromatic rings. The van der Waals surface area contributed by atoms with E-state index in [1.807, 2.05) is 48.4 Å². The molecule has 2 N–H and O–H groups in total. The summed E-state index contributed by atoms with van der Waals surface area (Å²) >= 11 is 1.40. The topological polar surface area (TPSA) is 94.6 Å². The standard InChI is InChI=1S/C21H25N5O3S/c1-14-3-5-16(6-4-14)11-26-18(28)21(24-20(26)29)7-9-25(10-8-21)12-17(27)23-19-22-15(2)13-30-19/h3-6,13H,7-12H2,1-2H3,(H,24,29)(H,22,23,27). The third-order valence-electron chi connectivity index (χ3n) is 5.65. The van der Waals surface area contributed by atoms with Crippen LogP contribution in [0.2, 0.25) is 0 Å². The first-order chi connectivity index (χ1) is 14.3. The number of nitrogens with one attached hydrogen (secondary N) is 2. The number of aryl methyl sites for hydroxylation is 2. The summed E-state index contributed by atoms with van der Waals surface area (Å²) in [5.41, 5.74) is 2.07. The zero-order chi connectivity index (χ0) is 21.3. The Morgan fingerprint density at radius 3 is 2.53 bits per heavy atom. The Morgan fingerprint density at radius 2 is 1.90 bits per heavy atom. The van der Waals surface area contributed by atoms with Crippen molar-refractivity contribution in [3.8, 4) is 0 Å². The van der Waals surface area contributed by atoms with Crippen LogP contribution in [0.25, 0.3) is 0 Å². The van der Waals surface area contributed by atoms with E-state index < -0.39 is 5.54 Å². The molecule has 8 nitrogen and oxygen atoms in total. The Hall–Kier alpha value is -2.78. The van der Waals surface area contributed by atoms with Crippen LogP contribution in [0.5, 0.6) is 0 Å². The van der Waals surface area contributed by atoms with Crippen molar-refractivity contribution in [1.29, 1.82) is 0 Å². The molecule has 4 amide bonds. The number of hydrogen-bond acceptors (Lipinski definition) is 6. The molecule has 3 heterocycles. The van der Waals surface area contributed by atoms with E-state index in [0.29, 0.717) is 31.1 Å². The van der Waals surface area contributed by atoms with E-state index in [0.717, 1.165) is 16.8 Å². The third kappa shape index (κ3) is 4.22. The normalized spacial score (nSPS) is 18.7. The Bertz CT molecular complexity index is 963. The third-order valence-corrected chi connectivity index (χ3v) is 6.52. The summed E-state index contributed by atoms with van der Waals surface area (Å²) in [5.74, 6) is -0.293. The van der Waals surface area contributed by atoms with E-state index in [-0.39, 0.29) is 30.9 Å². The molecule has 2 aliphatic rings. The van der Waals surface area contributed by atoms with E-state index in [9.17, 15) is 14.4 Å². The second-order valence-corrected chi connectivity index (χ2v) is 8.87. The smallest absolute Gasteiger partial charge is 0.323 e. The number of carbonyl (C=O) groups is 3. The van der Waals surface area contributed by atoms with Crippen molar-refractivity contribution in [2.45, 2.75) is 38.8 Å². The second-order valence-electron chi connectivity index (χ2n) is 8.01. The Balaban J connectivity index is 1.33. The Morgan fingerprint density at radius 1 is 1.20 bits per heavy atom. The van der Waals surface area contributed by atoms with Crippen molar-refractivity contribution in [1.82, 2.24) is 20.1 Å². The summed E-state index contributed by atoms with van der Waals surface area (Å²) in [7, 11) is 0. The fraction of sp³-hybridized carbons (Fsp3) is 0.429. The first-order valence-electron chi connectivity index (χ1n) is 9.99. The van der Waals surface area contributed by atoms with Crippen LogP contribution in [0.1, 0.15) is 29.7 Å². The Labute approximate surface area is 179 Å². The number of rotatable bonds is 5. The fourth-order valence-corrected chi connectivity index (χ4v) is 4.61. The summed E-state index contributed by atoms with van der Waals surface area (Å²) in [5, 5.41) is 8.21. The summed E-state index contributed by atoms with van der Waals surface area (Å²) in [6.45, 7) is 5.52. The molecule has 1 aromatic carbocycles. The quantitative estimate of drug-likeness (QED) is 0.714. The van der Waals surface area contributed by atoms with Crippen molar-refractivity contribution in [3.63, 3.8) is 0 Å². The Kier molecular flexibility index (Phi) is 5.57. The lowest BCUT2D eigenvalue weighted by molar-refractivity contribution is -0.133. The van der Waals surface area contributed by atoms with Gasteiger partial charge in [0.25, 0.3) is 5.91 Å². The molecule has 2 aliphatic heterocycles. The predicted octanol–water partition coefficient (Wildman–Crippen LogP) is 2.29. The average Bonchev–Trinajstić information content (AvgIpc) is 3.21. The van der Waals surface area contributed by atoms with Crippen molar-refractivity contribution < 1.29 is 14.4 Å². The molecule has 2 fully saturated rings. The molecule has 1 spiro atoms. The largest absolute Gasteiger partial charge is 0.325 e. The number of imide groups is 1. The number of likely N-dealkylation sites (tertiary alicyclic amines) is 1. The van der Waals surface area contributed by atoms with Gasteiger partial charge in [-0.2, -0.15) is 0 Å². The number of anilines is 1. The zero-order valence-corrected chi connectivity index (χ0v) is 17.9. The highest BCUT2D eigenvalue weighted by Crippen LogP contribution is 2.30. The molecule has 9 heteroatoms. The van der Waals surface area contributed by atoms with Gasteiger partial charge in [0, 0.05) is 18.5 Å². The molecule has 30 heavy (non-hydrogen) atoms. The molecule has 0 radical (unpaired) electrons. The minimum absolute atomic E-state index is 0.122. The van der Waals surface area contributed by atoms with Crippen LogP contribution < -0.4 is 10.6 Å². The number of thiazole rings is 1. The van der Waals surface area contributed by atoms with Gasteiger partial charge >= 0.3 is 6.03 Å². The summed E-state index contributed by atoms with van der Waals surface area (Å²) in [4.78, 5) is 45.4. The zero-order valence-electron chi connectivity index (χ0n) is 17.1. The molecule has 0 aliphatic carbocycles. The number of piperidine rings is 1. The van der Waals surface area contributed by atoms with Gasteiger partial charge in [0.05, 0.1) is 18.8 Å². The van der Waals surface area contributed by atoms with E-state index in [1.165, 1.54) is 16.2 Å². The molecule has 2 saturated heterocycles. The lowest BCUT2D eigenvalue weighted by Gasteiger charge is -2.36. The molecule has 158 valence electrons. The van der Waals surface area contributed by atoms with Crippen LogP contribution in [-0.4, -0.2) is 57.8 Å². The van der Waals surface area contributed by atoms with Crippen molar-refractivity contribution in [2.75, 3.05) is 25.0 Å². The van der Waals surface area contributed by atoms with Crippen LogP contribution >= 0.6 is 11.3 Å². The van der Waals surface area contributed by atoms with Crippen molar-refractivity contribution >= 4 is 34.3 Å². The number of hydrogen-bond donors (Lipinski definition) is 2. The summed E-state index contributed by atoms with van der Waals surface area (Å²) in [6.07, 6.45) is 0.983. The predicted molar refractivity (Wildman–Crippen MR) is 114 cm³/mol. The van der Waals surface area contributed by atoms with E-state index in [1.54, 1.807) is 0 Å². The fourth-order valence-electron chi connectivity index (χ4n) is 3.90. The van der Waals surface area contributed by atoms with Crippen LogP contribution in [0, 0.1) is 13.8 Å².